The van der Waals surface area contributed by atoms with Crippen molar-refractivity contribution in [1.29, 1.82) is 0 Å². The summed E-state index contributed by atoms with van der Waals surface area (Å²) < 4.78 is 13.4. The molecular weight excluding hydrogens is 269 g/mol. The van der Waals surface area contributed by atoms with Gasteiger partial charge < -0.3 is 5.32 Å². The molecule has 0 aliphatic rings. The van der Waals surface area contributed by atoms with Gasteiger partial charge in [0, 0.05) is 6.04 Å². The van der Waals surface area contributed by atoms with Gasteiger partial charge in [0.05, 0.1) is 5.02 Å². The van der Waals surface area contributed by atoms with Crippen LogP contribution in [0.3, 0.4) is 0 Å². The van der Waals surface area contributed by atoms with E-state index in [1.807, 2.05) is 13.1 Å². The molecule has 18 heavy (non-hydrogen) atoms. The topological polar surface area (TPSA) is 12.0 Å². The Bertz CT molecular complexity index is 499. The Balaban J connectivity index is 2.10. The maximum absolute atomic E-state index is 13.4. The summed E-state index contributed by atoms with van der Waals surface area (Å²) in [6.45, 7) is 0. The number of hydrogen-bond donors (Lipinski definition) is 1. The summed E-state index contributed by atoms with van der Waals surface area (Å²) in [7, 11) is 1.87. The van der Waals surface area contributed by atoms with Gasteiger partial charge in [-0.3, -0.25) is 0 Å². The fraction of sp³-hybridized carbons (Fsp3) is 0.286. The van der Waals surface area contributed by atoms with Crippen molar-refractivity contribution in [2.75, 3.05) is 7.05 Å². The number of rotatable bonds is 5. The summed E-state index contributed by atoms with van der Waals surface area (Å²) in [4.78, 5) is 0. The average Bonchev–Trinajstić information content (AvgIpc) is 2.88. The number of nitrogens with one attached hydrogen (secondary N) is 1. The first-order chi connectivity index (χ1) is 8.72. The van der Waals surface area contributed by atoms with Crippen LogP contribution in [0, 0.1) is 5.82 Å². The maximum Gasteiger partial charge on any atom is 0.142 e. The zero-order chi connectivity index (χ0) is 13.0. The van der Waals surface area contributed by atoms with Crippen LogP contribution in [-0.4, -0.2) is 7.05 Å². The second kappa shape index (κ2) is 6.32. The van der Waals surface area contributed by atoms with Crippen LogP contribution >= 0.6 is 22.9 Å². The van der Waals surface area contributed by atoms with E-state index in [1.54, 1.807) is 17.4 Å². The highest BCUT2D eigenvalue weighted by atomic mass is 35.5. The third-order valence-electron chi connectivity index (χ3n) is 3.01. The Labute approximate surface area is 116 Å². The molecule has 0 radical (unpaired) electrons. The lowest BCUT2D eigenvalue weighted by Crippen LogP contribution is -2.17. The fourth-order valence-electron chi connectivity index (χ4n) is 1.99. The molecule has 1 unspecified atom stereocenters. The summed E-state index contributed by atoms with van der Waals surface area (Å²) in [6, 6.07) is 7.15. The SMILES string of the molecule is CNC(CCc1ccsc1)c1cccc(F)c1Cl. The molecular formula is C14H15ClFNS. The smallest absolute Gasteiger partial charge is 0.142 e. The molecule has 2 aromatic rings. The first-order valence-electron chi connectivity index (χ1n) is 5.84. The van der Waals surface area contributed by atoms with Gasteiger partial charge in [-0.2, -0.15) is 11.3 Å². The lowest BCUT2D eigenvalue weighted by molar-refractivity contribution is 0.543. The van der Waals surface area contributed by atoms with Crippen LogP contribution in [-0.2, 0) is 6.42 Å². The molecule has 4 heteroatoms. The van der Waals surface area contributed by atoms with Gasteiger partial charge in [0.1, 0.15) is 5.82 Å². The zero-order valence-electron chi connectivity index (χ0n) is 10.1. The maximum atomic E-state index is 13.4. The monoisotopic (exact) mass is 283 g/mol. The number of halogens is 2. The van der Waals surface area contributed by atoms with Crippen LogP contribution < -0.4 is 5.32 Å². The summed E-state index contributed by atoms with van der Waals surface area (Å²) in [5.74, 6) is -0.357. The molecule has 0 amide bonds. The summed E-state index contributed by atoms with van der Waals surface area (Å²) in [5.41, 5.74) is 2.14. The van der Waals surface area contributed by atoms with E-state index >= 15 is 0 Å². The Morgan fingerprint density at radius 3 is 2.89 bits per heavy atom. The molecule has 2 rings (SSSR count). The van der Waals surface area contributed by atoms with Gasteiger partial charge in [0.25, 0.3) is 0 Å². The molecule has 96 valence electrons. The molecule has 0 spiro atoms. The van der Waals surface area contributed by atoms with E-state index in [2.05, 4.69) is 22.1 Å². The van der Waals surface area contributed by atoms with E-state index in [0.29, 0.717) is 0 Å². The molecule has 1 atom stereocenters. The summed E-state index contributed by atoms with van der Waals surface area (Å²) in [5, 5.41) is 7.63. The highest BCUT2D eigenvalue weighted by Gasteiger charge is 2.15. The Morgan fingerprint density at radius 2 is 2.22 bits per heavy atom. The highest BCUT2D eigenvalue weighted by Crippen LogP contribution is 2.28. The summed E-state index contributed by atoms with van der Waals surface area (Å²) in [6.07, 6.45) is 1.86. The number of thiophene rings is 1. The van der Waals surface area contributed by atoms with Gasteiger partial charge >= 0.3 is 0 Å². The van der Waals surface area contributed by atoms with Crippen LogP contribution in [0.25, 0.3) is 0 Å². The minimum Gasteiger partial charge on any atom is -0.313 e. The normalized spacial score (nSPS) is 12.6. The molecule has 1 aromatic carbocycles. The van der Waals surface area contributed by atoms with Crippen LogP contribution in [0.15, 0.2) is 35.0 Å². The van der Waals surface area contributed by atoms with Gasteiger partial charge in [0.2, 0.25) is 0 Å². The molecule has 0 fully saturated rings. The van der Waals surface area contributed by atoms with Gasteiger partial charge in [-0.1, -0.05) is 23.7 Å². The third-order valence-corrected chi connectivity index (χ3v) is 4.14. The van der Waals surface area contributed by atoms with E-state index in [-0.39, 0.29) is 16.9 Å². The van der Waals surface area contributed by atoms with E-state index in [0.717, 1.165) is 18.4 Å². The van der Waals surface area contributed by atoms with Crippen molar-refractivity contribution in [3.63, 3.8) is 0 Å². The lowest BCUT2D eigenvalue weighted by Gasteiger charge is -2.18. The van der Waals surface area contributed by atoms with Crippen molar-refractivity contribution in [3.8, 4) is 0 Å². The van der Waals surface area contributed by atoms with Crippen molar-refractivity contribution in [3.05, 3.63) is 57.0 Å². The second-order valence-electron chi connectivity index (χ2n) is 4.15. The van der Waals surface area contributed by atoms with Gasteiger partial charge in [0.15, 0.2) is 0 Å². The fourth-order valence-corrected chi connectivity index (χ4v) is 2.95. The number of hydrogen-bond acceptors (Lipinski definition) is 2. The quantitative estimate of drug-likeness (QED) is 0.856. The molecule has 1 heterocycles. The highest BCUT2D eigenvalue weighted by molar-refractivity contribution is 7.07. The van der Waals surface area contributed by atoms with Crippen molar-refractivity contribution in [1.82, 2.24) is 5.32 Å². The van der Waals surface area contributed by atoms with Crippen molar-refractivity contribution in [2.24, 2.45) is 0 Å². The minimum absolute atomic E-state index is 0.0769. The first kappa shape index (κ1) is 13.5. The van der Waals surface area contributed by atoms with Crippen LogP contribution in [0.5, 0.6) is 0 Å². The minimum atomic E-state index is -0.357. The molecule has 0 aliphatic heterocycles. The molecule has 1 N–H and O–H groups in total. The number of aryl methyl sites for hydroxylation is 1. The van der Waals surface area contributed by atoms with E-state index in [9.17, 15) is 4.39 Å². The van der Waals surface area contributed by atoms with Crippen molar-refractivity contribution in [2.45, 2.75) is 18.9 Å². The van der Waals surface area contributed by atoms with Gasteiger partial charge in [-0.05, 0) is 53.9 Å². The van der Waals surface area contributed by atoms with Gasteiger partial charge in [-0.25, -0.2) is 4.39 Å². The largest absolute Gasteiger partial charge is 0.313 e. The second-order valence-corrected chi connectivity index (χ2v) is 5.31. The molecule has 1 nitrogen and oxygen atoms in total. The predicted octanol–water partition coefficient (Wildman–Crippen LogP) is 4.43. The zero-order valence-corrected chi connectivity index (χ0v) is 11.7. The Hall–Kier alpha value is -0.900. The number of benzene rings is 1. The molecule has 0 saturated carbocycles. The standard InChI is InChI=1S/C14H15ClFNS/c1-17-13(6-5-10-7-8-18-9-10)11-3-2-4-12(16)14(11)15/h2-4,7-9,13,17H,5-6H2,1H3. The van der Waals surface area contributed by atoms with Crippen molar-refractivity contribution >= 4 is 22.9 Å². The predicted molar refractivity (Wildman–Crippen MR) is 75.9 cm³/mol. The average molecular weight is 284 g/mol. The van der Waals surface area contributed by atoms with Crippen LogP contribution in [0.4, 0.5) is 4.39 Å². The van der Waals surface area contributed by atoms with Crippen LogP contribution in [0.1, 0.15) is 23.6 Å². The van der Waals surface area contributed by atoms with Crippen molar-refractivity contribution < 1.29 is 4.39 Å². The molecule has 0 bridgehead atoms. The molecule has 0 saturated heterocycles. The van der Waals surface area contributed by atoms with E-state index < -0.39 is 0 Å². The Kier molecular flexibility index (Phi) is 4.75. The molecule has 1 aromatic heterocycles. The molecule has 0 aliphatic carbocycles. The first-order valence-corrected chi connectivity index (χ1v) is 7.16. The van der Waals surface area contributed by atoms with Crippen LogP contribution in [0.2, 0.25) is 5.02 Å². The van der Waals surface area contributed by atoms with E-state index in [4.69, 9.17) is 11.6 Å². The van der Waals surface area contributed by atoms with E-state index in [1.165, 1.54) is 11.6 Å². The Morgan fingerprint density at radius 1 is 1.39 bits per heavy atom. The van der Waals surface area contributed by atoms with Gasteiger partial charge in [-0.15, -0.1) is 0 Å². The lowest BCUT2D eigenvalue weighted by atomic mass is 10.00. The summed E-state index contributed by atoms with van der Waals surface area (Å²) >= 11 is 7.71. The third kappa shape index (κ3) is 3.10.